The fourth-order valence-electron chi connectivity index (χ4n) is 3.27. The molecule has 104 valence electrons. The number of nitrogens with zero attached hydrogens (tertiary/aromatic N) is 1. The Hall–Kier alpha value is -1.28. The second-order valence-electron chi connectivity index (χ2n) is 5.72. The zero-order chi connectivity index (χ0) is 14.1. The average Bonchev–Trinajstić information content (AvgIpc) is 2.89. The first-order chi connectivity index (χ1) is 9.65. The van der Waals surface area contributed by atoms with Gasteiger partial charge in [-0.2, -0.15) is 0 Å². The molecule has 2 aromatic carbocycles. The predicted molar refractivity (Wildman–Crippen MR) is 89.6 cm³/mol. The van der Waals surface area contributed by atoms with E-state index >= 15 is 0 Å². The van der Waals surface area contributed by atoms with E-state index in [0.29, 0.717) is 5.92 Å². The maximum Gasteiger partial charge on any atom is 0.0425 e. The van der Waals surface area contributed by atoms with Crippen LogP contribution in [0.15, 0.2) is 46.9 Å². The lowest BCUT2D eigenvalue weighted by molar-refractivity contribution is 0.774. The Labute approximate surface area is 129 Å². The van der Waals surface area contributed by atoms with Crippen LogP contribution in [0.5, 0.6) is 0 Å². The summed E-state index contributed by atoms with van der Waals surface area (Å²) in [5, 5.41) is 0. The van der Waals surface area contributed by atoms with Gasteiger partial charge in [0.15, 0.2) is 0 Å². The van der Waals surface area contributed by atoms with Crippen LogP contribution in [-0.2, 0) is 0 Å². The standard InChI is InChI=1S/C18H20BrN/c1-13-4-3-5-14(2)18(13)20-11-10-16(12-20)15-6-8-17(19)9-7-15/h3-9,16H,10-12H2,1-2H3. The Morgan fingerprint density at radius 2 is 1.65 bits per heavy atom. The van der Waals surface area contributed by atoms with Gasteiger partial charge in [-0.25, -0.2) is 0 Å². The molecule has 2 aromatic rings. The molecular weight excluding hydrogens is 310 g/mol. The molecule has 1 fully saturated rings. The molecule has 2 heteroatoms. The van der Waals surface area contributed by atoms with Crippen LogP contribution >= 0.6 is 15.9 Å². The molecule has 3 rings (SSSR count). The summed E-state index contributed by atoms with van der Waals surface area (Å²) >= 11 is 3.51. The van der Waals surface area contributed by atoms with Gasteiger partial charge in [-0.1, -0.05) is 46.3 Å². The lowest BCUT2D eigenvalue weighted by Gasteiger charge is -2.23. The monoisotopic (exact) mass is 329 g/mol. The number of hydrogen-bond donors (Lipinski definition) is 0. The third kappa shape index (κ3) is 2.62. The minimum absolute atomic E-state index is 0.655. The quantitative estimate of drug-likeness (QED) is 0.744. The smallest absolute Gasteiger partial charge is 0.0425 e. The van der Waals surface area contributed by atoms with E-state index in [1.807, 2.05) is 0 Å². The maximum absolute atomic E-state index is 3.51. The molecule has 1 unspecified atom stereocenters. The number of hydrogen-bond acceptors (Lipinski definition) is 1. The van der Waals surface area contributed by atoms with Crippen LogP contribution < -0.4 is 4.90 Å². The fraction of sp³-hybridized carbons (Fsp3) is 0.333. The molecule has 0 aliphatic carbocycles. The fourth-order valence-corrected chi connectivity index (χ4v) is 3.54. The van der Waals surface area contributed by atoms with Crippen molar-refractivity contribution in [3.05, 3.63) is 63.6 Å². The third-order valence-corrected chi connectivity index (χ3v) is 4.81. The van der Waals surface area contributed by atoms with Crippen molar-refractivity contribution >= 4 is 21.6 Å². The highest BCUT2D eigenvalue weighted by Crippen LogP contribution is 2.34. The van der Waals surface area contributed by atoms with Crippen LogP contribution in [0.4, 0.5) is 5.69 Å². The van der Waals surface area contributed by atoms with Gasteiger partial charge in [-0.05, 0) is 49.1 Å². The SMILES string of the molecule is Cc1cccc(C)c1N1CCC(c2ccc(Br)cc2)C1. The van der Waals surface area contributed by atoms with Gasteiger partial charge < -0.3 is 4.90 Å². The van der Waals surface area contributed by atoms with Gasteiger partial charge in [-0.15, -0.1) is 0 Å². The van der Waals surface area contributed by atoms with E-state index in [-0.39, 0.29) is 0 Å². The largest absolute Gasteiger partial charge is 0.370 e. The first kappa shape index (κ1) is 13.7. The lowest BCUT2D eigenvalue weighted by atomic mass is 9.99. The lowest BCUT2D eigenvalue weighted by Crippen LogP contribution is -2.21. The van der Waals surface area contributed by atoms with E-state index in [9.17, 15) is 0 Å². The number of aryl methyl sites for hydroxylation is 2. The van der Waals surface area contributed by atoms with E-state index in [2.05, 4.69) is 77.1 Å². The van der Waals surface area contributed by atoms with E-state index in [0.717, 1.165) is 17.6 Å². The molecule has 20 heavy (non-hydrogen) atoms. The van der Waals surface area contributed by atoms with Crippen molar-refractivity contribution < 1.29 is 0 Å². The second kappa shape index (κ2) is 5.61. The van der Waals surface area contributed by atoms with Crippen LogP contribution in [0.25, 0.3) is 0 Å². The Balaban J connectivity index is 1.81. The summed E-state index contributed by atoms with van der Waals surface area (Å²) in [6.07, 6.45) is 1.25. The Morgan fingerprint density at radius 1 is 1.00 bits per heavy atom. The van der Waals surface area contributed by atoms with Crippen molar-refractivity contribution in [2.75, 3.05) is 18.0 Å². The van der Waals surface area contributed by atoms with Crippen LogP contribution in [0.3, 0.4) is 0 Å². The molecule has 0 N–H and O–H groups in total. The van der Waals surface area contributed by atoms with E-state index in [4.69, 9.17) is 0 Å². The highest BCUT2D eigenvalue weighted by Gasteiger charge is 2.25. The predicted octanol–water partition coefficient (Wildman–Crippen LogP) is 5.06. The summed E-state index contributed by atoms with van der Waals surface area (Å²) in [4.78, 5) is 2.55. The first-order valence-corrected chi connectivity index (χ1v) is 8.01. The van der Waals surface area contributed by atoms with E-state index in [1.54, 1.807) is 0 Å². The maximum atomic E-state index is 3.51. The Morgan fingerprint density at radius 3 is 2.30 bits per heavy atom. The van der Waals surface area contributed by atoms with Crippen molar-refractivity contribution in [1.29, 1.82) is 0 Å². The van der Waals surface area contributed by atoms with Gasteiger partial charge in [-0.3, -0.25) is 0 Å². The summed E-state index contributed by atoms with van der Waals surface area (Å²) in [5.74, 6) is 0.655. The second-order valence-corrected chi connectivity index (χ2v) is 6.64. The van der Waals surface area contributed by atoms with Crippen molar-refractivity contribution in [3.8, 4) is 0 Å². The van der Waals surface area contributed by atoms with Gasteiger partial charge in [0.1, 0.15) is 0 Å². The molecule has 1 saturated heterocycles. The van der Waals surface area contributed by atoms with Gasteiger partial charge in [0.2, 0.25) is 0 Å². The summed E-state index contributed by atoms with van der Waals surface area (Å²) < 4.78 is 1.16. The highest BCUT2D eigenvalue weighted by atomic mass is 79.9. The molecule has 1 atom stereocenters. The van der Waals surface area contributed by atoms with Crippen molar-refractivity contribution in [2.45, 2.75) is 26.2 Å². The molecule has 1 aliphatic heterocycles. The minimum Gasteiger partial charge on any atom is -0.370 e. The highest BCUT2D eigenvalue weighted by molar-refractivity contribution is 9.10. The van der Waals surface area contributed by atoms with Crippen molar-refractivity contribution in [3.63, 3.8) is 0 Å². The number of anilines is 1. The zero-order valence-electron chi connectivity index (χ0n) is 12.1. The molecule has 0 radical (unpaired) electrons. The van der Waals surface area contributed by atoms with Crippen molar-refractivity contribution in [2.24, 2.45) is 0 Å². The van der Waals surface area contributed by atoms with Crippen LogP contribution in [0.2, 0.25) is 0 Å². The molecule has 0 aromatic heterocycles. The molecule has 0 saturated carbocycles. The molecule has 1 heterocycles. The number of halogens is 1. The summed E-state index contributed by atoms with van der Waals surface area (Å²) in [6, 6.07) is 15.4. The number of benzene rings is 2. The molecular formula is C18H20BrN. The molecule has 1 nitrogen and oxygen atoms in total. The number of rotatable bonds is 2. The summed E-state index contributed by atoms with van der Waals surface area (Å²) in [6.45, 7) is 6.73. The van der Waals surface area contributed by atoms with Crippen molar-refractivity contribution in [1.82, 2.24) is 0 Å². The van der Waals surface area contributed by atoms with Crippen LogP contribution in [0.1, 0.15) is 29.0 Å². The third-order valence-electron chi connectivity index (χ3n) is 4.29. The zero-order valence-corrected chi connectivity index (χ0v) is 13.7. The first-order valence-electron chi connectivity index (χ1n) is 7.22. The molecule has 1 aliphatic rings. The topological polar surface area (TPSA) is 3.24 Å². The summed E-state index contributed by atoms with van der Waals surface area (Å²) in [5.41, 5.74) is 5.68. The number of para-hydroxylation sites is 1. The van der Waals surface area contributed by atoms with E-state index in [1.165, 1.54) is 28.8 Å². The normalized spacial score (nSPS) is 18.6. The van der Waals surface area contributed by atoms with Gasteiger partial charge in [0.05, 0.1) is 0 Å². The van der Waals surface area contributed by atoms with Gasteiger partial charge in [0.25, 0.3) is 0 Å². The summed E-state index contributed by atoms with van der Waals surface area (Å²) in [7, 11) is 0. The van der Waals surface area contributed by atoms with Gasteiger partial charge in [0, 0.05) is 29.2 Å². The van der Waals surface area contributed by atoms with E-state index < -0.39 is 0 Å². The van der Waals surface area contributed by atoms with Crippen LogP contribution in [-0.4, -0.2) is 13.1 Å². The molecule has 0 bridgehead atoms. The molecule has 0 spiro atoms. The van der Waals surface area contributed by atoms with Gasteiger partial charge >= 0.3 is 0 Å². The molecule has 0 amide bonds. The minimum atomic E-state index is 0.655. The Kier molecular flexibility index (Phi) is 3.84. The van der Waals surface area contributed by atoms with Crippen LogP contribution in [0, 0.1) is 13.8 Å². The Bertz CT molecular complexity index is 583. The average molecular weight is 330 g/mol.